The first kappa shape index (κ1) is 19.4. The van der Waals surface area contributed by atoms with Crippen LogP contribution in [0.5, 0.6) is 5.75 Å². The van der Waals surface area contributed by atoms with Crippen LogP contribution in [-0.2, 0) is 13.2 Å². The lowest BCUT2D eigenvalue weighted by molar-refractivity contribution is 0.292. The predicted octanol–water partition coefficient (Wildman–Crippen LogP) is 3.48. The van der Waals surface area contributed by atoms with Gasteiger partial charge in [-0.05, 0) is 41.9 Å². The molecule has 4 nitrogen and oxygen atoms in total. The van der Waals surface area contributed by atoms with E-state index >= 15 is 0 Å². The molecule has 4 heteroatoms. The van der Waals surface area contributed by atoms with Crippen molar-refractivity contribution < 1.29 is 9.84 Å². The van der Waals surface area contributed by atoms with Gasteiger partial charge in [-0.1, -0.05) is 60.7 Å². The van der Waals surface area contributed by atoms with Gasteiger partial charge in [0.1, 0.15) is 12.4 Å². The van der Waals surface area contributed by atoms with Gasteiger partial charge in [-0.15, -0.1) is 0 Å². The highest BCUT2D eigenvalue weighted by atomic mass is 16.5. The zero-order valence-electron chi connectivity index (χ0n) is 15.7. The topological polar surface area (TPSA) is 53.5 Å². The number of ether oxygens (including phenoxy) is 1. The van der Waals surface area contributed by atoms with E-state index in [-0.39, 0.29) is 6.61 Å². The fraction of sp³-hybridized carbons (Fsp3) is 0.304. The largest absolute Gasteiger partial charge is 0.489 e. The Balaban J connectivity index is 1.66. The average Bonchev–Trinajstić information content (AvgIpc) is 2.73. The maximum Gasteiger partial charge on any atom is 0.124 e. The molecule has 0 bridgehead atoms. The van der Waals surface area contributed by atoms with Gasteiger partial charge in [-0.2, -0.15) is 0 Å². The Morgan fingerprint density at radius 1 is 0.778 bits per heavy atom. The third-order valence-electron chi connectivity index (χ3n) is 4.53. The van der Waals surface area contributed by atoms with Crippen LogP contribution < -0.4 is 15.4 Å². The van der Waals surface area contributed by atoms with Crippen molar-refractivity contribution >= 4 is 10.8 Å². The molecule has 0 aliphatic heterocycles. The van der Waals surface area contributed by atoms with Crippen molar-refractivity contribution in [3.8, 4) is 5.75 Å². The summed E-state index contributed by atoms with van der Waals surface area (Å²) in [5.74, 6) is 0.934. The first-order chi connectivity index (χ1) is 13.4. The zero-order chi connectivity index (χ0) is 18.7. The lowest BCUT2D eigenvalue weighted by Gasteiger charge is -2.15. The lowest BCUT2D eigenvalue weighted by atomic mass is 10.0. The van der Waals surface area contributed by atoms with Crippen LogP contribution in [0.4, 0.5) is 0 Å². The lowest BCUT2D eigenvalue weighted by Crippen LogP contribution is -2.24. The van der Waals surface area contributed by atoms with Gasteiger partial charge < -0.3 is 20.5 Å². The van der Waals surface area contributed by atoms with Crippen molar-refractivity contribution in [1.82, 2.24) is 10.6 Å². The number of hydrogen-bond acceptors (Lipinski definition) is 4. The van der Waals surface area contributed by atoms with Crippen molar-refractivity contribution in [3.05, 3.63) is 77.9 Å². The minimum atomic E-state index is 0.186. The Kier molecular flexibility index (Phi) is 7.66. The molecule has 0 heterocycles. The van der Waals surface area contributed by atoms with E-state index in [0.29, 0.717) is 13.2 Å². The number of benzene rings is 3. The number of rotatable bonds is 11. The molecule has 3 rings (SSSR count). The molecule has 0 fully saturated rings. The monoisotopic (exact) mass is 364 g/mol. The van der Waals surface area contributed by atoms with Crippen LogP contribution in [0, 0.1) is 0 Å². The molecule has 0 saturated heterocycles. The number of nitrogens with one attached hydrogen (secondary N) is 2. The molecule has 0 unspecified atom stereocenters. The van der Waals surface area contributed by atoms with E-state index in [2.05, 4.69) is 59.2 Å². The molecular formula is C23H28N2O2. The second-order valence-electron chi connectivity index (χ2n) is 6.54. The minimum absolute atomic E-state index is 0.186. The van der Waals surface area contributed by atoms with Crippen LogP contribution in [0.15, 0.2) is 66.7 Å². The Labute approximate surface area is 161 Å². The van der Waals surface area contributed by atoms with Crippen molar-refractivity contribution in [2.45, 2.75) is 19.6 Å². The van der Waals surface area contributed by atoms with Crippen LogP contribution in [0.2, 0.25) is 0 Å². The molecule has 3 N–H and O–H groups in total. The Bertz CT molecular complexity index is 821. The first-order valence-corrected chi connectivity index (χ1v) is 9.58. The van der Waals surface area contributed by atoms with E-state index < -0.39 is 0 Å². The summed E-state index contributed by atoms with van der Waals surface area (Å²) in [5, 5.41) is 18.0. The van der Waals surface area contributed by atoms with Crippen molar-refractivity contribution in [1.29, 1.82) is 0 Å². The molecular weight excluding hydrogens is 336 g/mol. The molecule has 27 heavy (non-hydrogen) atoms. The molecule has 0 spiro atoms. The van der Waals surface area contributed by atoms with E-state index in [9.17, 15) is 0 Å². The molecule has 0 radical (unpaired) electrons. The smallest absolute Gasteiger partial charge is 0.124 e. The maximum absolute atomic E-state index is 8.79. The molecule has 3 aromatic rings. The van der Waals surface area contributed by atoms with E-state index in [1.807, 2.05) is 18.2 Å². The molecule has 0 atom stereocenters. The normalized spacial score (nSPS) is 11.0. The van der Waals surface area contributed by atoms with E-state index in [1.165, 1.54) is 21.9 Å². The number of hydrogen-bond donors (Lipinski definition) is 3. The maximum atomic E-state index is 8.79. The molecule has 3 aromatic carbocycles. The molecule has 0 saturated carbocycles. The summed E-state index contributed by atoms with van der Waals surface area (Å²) >= 11 is 0. The van der Waals surface area contributed by atoms with E-state index in [1.54, 1.807) is 0 Å². The highest BCUT2D eigenvalue weighted by molar-refractivity contribution is 5.87. The fourth-order valence-corrected chi connectivity index (χ4v) is 3.12. The Morgan fingerprint density at radius 3 is 2.41 bits per heavy atom. The van der Waals surface area contributed by atoms with Gasteiger partial charge in [0.2, 0.25) is 0 Å². The van der Waals surface area contributed by atoms with Crippen molar-refractivity contribution in [3.63, 3.8) is 0 Å². The Morgan fingerprint density at radius 2 is 1.56 bits per heavy atom. The van der Waals surface area contributed by atoms with E-state index in [4.69, 9.17) is 9.84 Å². The molecule has 0 amide bonds. The summed E-state index contributed by atoms with van der Waals surface area (Å²) < 4.78 is 6.16. The van der Waals surface area contributed by atoms with Gasteiger partial charge in [0.25, 0.3) is 0 Å². The summed E-state index contributed by atoms with van der Waals surface area (Å²) in [6.07, 6.45) is 1.02. The van der Waals surface area contributed by atoms with Gasteiger partial charge in [-0.3, -0.25) is 0 Å². The predicted molar refractivity (Wildman–Crippen MR) is 111 cm³/mol. The van der Waals surface area contributed by atoms with Crippen molar-refractivity contribution in [2.75, 3.05) is 26.2 Å². The van der Waals surface area contributed by atoms with Crippen LogP contribution in [0.3, 0.4) is 0 Å². The van der Waals surface area contributed by atoms with Gasteiger partial charge >= 0.3 is 0 Å². The highest BCUT2D eigenvalue weighted by Crippen LogP contribution is 2.28. The van der Waals surface area contributed by atoms with Gasteiger partial charge in [0, 0.05) is 18.7 Å². The van der Waals surface area contributed by atoms with Crippen LogP contribution in [-0.4, -0.2) is 31.3 Å². The van der Waals surface area contributed by atoms with Crippen molar-refractivity contribution in [2.24, 2.45) is 0 Å². The zero-order valence-corrected chi connectivity index (χ0v) is 15.7. The Hall–Kier alpha value is -2.40. The van der Waals surface area contributed by atoms with Gasteiger partial charge in [0.15, 0.2) is 0 Å². The summed E-state index contributed by atoms with van der Waals surface area (Å²) in [6, 6.07) is 22.9. The number of aliphatic hydroxyl groups excluding tert-OH is 1. The second-order valence-corrected chi connectivity index (χ2v) is 6.54. The molecule has 0 aromatic heterocycles. The molecule has 142 valence electrons. The van der Waals surface area contributed by atoms with Gasteiger partial charge in [-0.25, -0.2) is 0 Å². The van der Waals surface area contributed by atoms with E-state index in [0.717, 1.165) is 31.8 Å². The average molecular weight is 364 g/mol. The highest BCUT2D eigenvalue weighted by Gasteiger charge is 2.09. The first-order valence-electron chi connectivity index (χ1n) is 9.58. The molecule has 0 aliphatic carbocycles. The summed E-state index contributed by atoms with van der Waals surface area (Å²) in [5.41, 5.74) is 2.37. The quantitative estimate of drug-likeness (QED) is 0.456. The number of fused-ring (bicyclic) bond motifs is 1. The van der Waals surface area contributed by atoms with Gasteiger partial charge in [0.05, 0.1) is 6.61 Å². The van der Waals surface area contributed by atoms with Crippen LogP contribution >= 0.6 is 0 Å². The minimum Gasteiger partial charge on any atom is -0.489 e. The number of aliphatic hydroxyl groups is 1. The second kappa shape index (κ2) is 10.7. The van der Waals surface area contributed by atoms with Crippen LogP contribution in [0.25, 0.3) is 10.8 Å². The fourth-order valence-electron chi connectivity index (χ4n) is 3.12. The summed E-state index contributed by atoms with van der Waals surface area (Å²) in [7, 11) is 0. The third kappa shape index (κ3) is 5.79. The summed E-state index contributed by atoms with van der Waals surface area (Å²) in [4.78, 5) is 0. The standard InChI is InChI=1S/C23H28N2O2/c26-16-15-24-13-6-14-25-17-22-21-10-5-4-9-20(21)11-12-23(22)27-18-19-7-2-1-3-8-19/h1-5,7-12,24-26H,6,13-18H2. The SMILES string of the molecule is OCCNCCCNCc1c(OCc2ccccc2)ccc2ccccc12. The third-order valence-corrected chi connectivity index (χ3v) is 4.53. The van der Waals surface area contributed by atoms with Crippen LogP contribution in [0.1, 0.15) is 17.5 Å². The molecule has 0 aliphatic rings. The summed E-state index contributed by atoms with van der Waals surface area (Å²) in [6.45, 7) is 4.00.